The van der Waals surface area contributed by atoms with Gasteiger partial charge in [0.2, 0.25) is 0 Å². The number of esters is 1. The number of amides is 1. The topological polar surface area (TPSA) is 62.7 Å². The van der Waals surface area contributed by atoms with Crippen molar-refractivity contribution in [1.82, 2.24) is 14.8 Å². The molecule has 1 fully saturated rings. The molecule has 2 aromatic carbocycles. The molecule has 160 valence electrons. The van der Waals surface area contributed by atoms with Crippen LogP contribution >= 0.6 is 23.2 Å². The van der Waals surface area contributed by atoms with E-state index in [0.717, 1.165) is 5.39 Å². The van der Waals surface area contributed by atoms with Crippen LogP contribution in [0.1, 0.15) is 22.0 Å². The van der Waals surface area contributed by atoms with Crippen LogP contribution in [0.4, 0.5) is 0 Å². The van der Waals surface area contributed by atoms with Gasteiger partial charge in [-0.15, -0.1) is 0 Å². The Morgan fingerprint density at radius 3 is 2.39 bits per heavy atom. The molecule has 31 heavy (non-hydrogen) atoms. The first kappa shape index (κ1) is 21.6. The normalized spacial score (nSPS) is 15.6. The Balaban J connectivity index is 1.55. The van der Waals surface area contributed by atoms with E-state index in [-0.39, 0.29) is 17.0 Å². The number of piperazine rings is 1. The molecule has 0 radical (unpaired) electrons. The molecular formula is C23H21Cl2N3O3. The average Bonchev–Trinajstić information content (AvgIpc) is 2.79. The zero-order valence-electron chi connectivity index (χ0n) is 16.9. The Morgan fingerprint density at radius 2 is 1.68 bits per heavy atom. The molecule has 1 saturated heterocycles. The van der Waals surface area contributed by atoms with Crippen molar-refractivity contribution < 1.29 is 14.3 Å². The molecule has 0 aliphatic carbocycles. The number of benzene rings is 2. The van der Waals surface area contributed by atoms with Crippen LogP contribution in [0.2, 0.25) is 10.2 Å². The van der Waals surface area contributed by atoms with E-state index in [0.29, 0.717) is 47.8 Å². The Labute approximate surface area is 190 Å². The maximum Gasteiger partial charge on any atom is 0.327 e. The average molecular weight is 458 g/mol. The van der Waals surface area contributed by atoms with Gasteiger partial charge in [0.15, 0.2) is 0 Å². The number of fused-ring (bicyclic) bond motifs is 1. The molecule has 3 aromatic rings. The van der Waals surface area contributed by atoms with Crippen molar-refractivity contribution in [2.45, 2.75) is 6.04 Å². The van der Waals surface area contributed by atoms with Crippen LogP contribution < -0.4 is 0 Å². The van der Waals surface area contributed by atoms with Crippen LogP contribution in [-0.4, -0.2) is 59.9 Å². The summed E-state index contributed by atoms with van der Waals surface area (Å²) in [6.45, 7) is 1.94. The fourth-order valence-electron chi connectivity index (χ4n) is 3.95. The van der Waals surface area contributed by atoms with E-state index in [4.69, 9.17) is 27.9 Å². The minimum atomic E-state index is -0.618. The van der Waals surface area contributed by atoms with Gasteiger partial charge in [-0.05, 0) is 23.8 Å². The lowest BCUT2D eigenvalue weighted by Gasteiger charge is -2.38. The number of methoxy groups -OCH3 is 1. The predicted molar refractivity (Wildman–Crippen MR) is 120 cm³/mol. The fourth-order valence-corrected chi connectivity index (χ4v) is 4.39. The largest absolute Gasteiger partial charge is 0.468 e. The van der Waals surface area contributed by atoms with Gasteiger partial charge >= 0.3 is 5.97 Å². The highest BCUT2D eigenvalue weighted by Gasteiger charge is 2.34. The number of carbonyl (C=O) groups is 2. The zero-order valence-corrected chi connectivity index (χ0v) is 18.4. The van der Waals surface area contributed by atoms with E-state index in [1.807, 2.05) is 47.4 Å². The van der Waals surface area contributed by atoms with Crippen molar-refractivity contribution in [2.75, 3.05) is 33.3 Å². The highest BCUT2D eigenvalue weighted by atomic mass is 35.5. The van der Waals surface area contributed by atoms with E-state index >= 15 is 0 Å². The third-order valence-electron chi connectivity index (χ3n) is 5.51. The molecule has 1 aliphatic heterocycles. The molecule has 4 rings (SSSR count). The van der Waals surface area contributed by atoms with Crippen molar-refractivity contribution in [3.05, 3.63) is 75.9 Å². The Bertz CT molecular complexity index is 1130. The lowest BCUT2D eigenvalue weighted by Crippen LogP contribution is -2.51. The monoisotopic (exact) mass is 457 g/mol. The molecule has 0 bridgehead atoms. The summed E-state index contributed by atoms with van der Waals surface area (Å²) in [6.07, 6.45) is 0. The Morgan fingerprint density at radius 1 is 1.00 bits per heavy atom. The van der Waals surface area contributed by atoms with Crippen molar-refractivity contribution >= 4 is 46.0 Å². The number of ether oxygens (including phenoxy) is 1. The second kappa shape index (κ2) is 9.22. The predicted octanol–water partition coefficient (Wildman–Crippen LogP) is 4.21. The summed E-state index contributed by atoms with van der Waals surface area (Å²) in [7, 11) is 1.37. The number of hydrogen-bond donors (Lipinski definition) is 0. The zero-order chi connectivity index (χ0) is 22.0. The highest BCUT2D eigenvalue weighted by Crippen LogP contribution is 2.30. The van der Waals surface area contributed by atoms with Gasteiger partial charge in [-0.1, -0.05) is 59.6 Å². The number of rotatable bonds is 4. The van der Waals surface area contributed by atoms with Crippen molar-refractivity contribution in [3.63, 3.8) is 0 Å². The van der Waals surface area contributed by atoms with Gasteiger partial charge < -0.3 is 9.64 Å². The summed E-state index contributed by atoms with van der Waals surface area (Å²) < 4.78 is 5.04. The summed E-state index contributed by atoms with van der Waals surface area (Å²) in [5.41, 5.74) is 1.91. The summed E-state index contributed by atoms with van der Waals surface area (Å²) in [5, 5.41) is 1.56. The lowest BCUT2D eigenvalue weighted by molar-refractivity contribution is -0.148. The van der Waals surface area contributed by atoms with Gasteiger partial charge in [0.1, 0.15) is 11.2 Å². The molecule has 1 amide bonds. The minimum absolute atomic E-state index is 0.104. The van der Waals surface area contributed by atoms with Crippen LogP contribution in [0.3, 0.4) is 0 Å². The smallest absolute Gasteiger partial charge is 0.327 e. The van der Waals surface area contributed by atoms with Gasteiger partial charge in [-0.2, -0.15) is 0 Å². The van der Waals surface area contributed by atoms with E-state index in [1.165, 1.54) is 7.11 Å². The van der Waals surface area contributed by atoms with Gasteiger partial charge in [0, 0.05) is 36.6 Å². The molecule has 0 saturated carbocycles. The molecule has 6 nitrogen and oxygen atoms in total. The van der Waals surface area contributed by atoms with Gasteiger partial charge in [0.25, 0.3) is 5.91 Å². The van der Waals surface area contributed by atoms with Crippen LogP contribution in [-0.2, 0) is 9.53 Å². The molecule has 1 aliphatic rings. The highest BCUT2D eigenvalue weighted by molar-refractivity contribution is 6.31. The maximum absolute atomic E-state index is 13.3. The lowest BCUT2D eigenvalue weighted by atomic mass is 10.0. The summed E-state index contributed by atoms with van der Waals surface area (Å²) in [4.78, 5) is 33.9. The van der Waals surface area contributed by atoms with Gasteiger partial charge in [-0.3, -0.25) is 9.69 Å². The summed E-state index contributed by atoms with van der Waals surface area (Å²) >= 11 is 12.5. The van der Waals surface area contributed by atoms with E-state index in [2.05, 4.69) is 4.98 Å². The number of pyridine rings is 1. The first-order valence-electron chi connectivity index (χ1n) is 9.90. The van der Waals surface area contributed by atoms with Gasteiger partial charge in [0.05, 0.1) is 18.2 Å². The van der Waals surface area contributed by atoms with Crippen molar-refractivity contribution in [1.29, 1.82) is 0 Å². The third kappa shape index (κ3) is 4.37. The number of nitrogens with zero attached hydrogens (tertiary/aromatic N) is 3. The van der Waals surface area contributed by atoms with Crippen molar-refractivity contribution in [2.24, 2.45) is 0 Å². The third-order valence-corrected chi connectivity index (χ3v) is 6.04. The summed E-state index contributed by atoms with van der Waals surface area (Å²) in [5.74, 6) is -0.479. The number of hydrogen-bond acceptors (Lipinski definition) is 5. The van der Waals surface area contributed by atoms with E-state index in [1.54, 1.807) is 17.0 Å². The van der Waals surface area contributed by atoms with Crippen LogP contribution in [0, 0.1) is 0 Å². The van der Waals surface area contributed by atoms with Gasteiger partial charge in [-0.25, -0.2) is 9.78 Å². The fraction of sp³-hybridized carbons (Fsp3) is 0.261. The minimum Gasteiger partial charge on any atom is -0.468 e. The maximum atomic E-state index is 13.3. The quantitative estimate of drug-likeness (QED) is 0.433. The van der Waals surface area contributed by atoms with Crippen LogP contribution in [0.25, 0.3) is 10.9 Å². The molecule has 0 spiro atoms. The Kier molecular flexibility index (Phi) is 6.41. The first-order valence-corrected chi connectivity index (χ1v) is 10.7. The van der Waals surface area contributed by atoms with Crippen molar-refractivity contribution in [3.8, 4) is 0 Å². The first-order chi connectivity index (χ1) is 15.0. The molecule has 0 N–H and O–H groups in total. The standard InChI is InChI=1S/C23H21Cl2N3O3/c1-31-23(30)21(16-7-2-4-8-18(16)24)27-10-12-28(13-11-27)22(29)17-14-20(25)26-19-9-5-3-6-15(17)19/h2-9,14,21H,10-13H2,1H3. The molecular weight excluding hydrogens is 437 g/mol. The second-order valence-corrected chi connectivity index (χ2v) is 8.08. The van der Waals surface area contributed by atoms with E-state index in [9.17, 15) is 9.59 Å². The van der Waals surface area contributed by atoms with E-state index < -0.39 is 6.04 Å². The molecule has 1 unspecified atom stereocenters. The molecule has 8 heteroatoms. The SMILES string of the molecule is COC(=O)C(c1ccccc1Cl)N1CCN(C(=O)c2cc(Cl)nc3ccccc23)CC1. The molecule has 2 heterocycles. The number of para-hydroxylation sites is 1. The number of carbonyl (C=O) groups excluding carboxylic acids is 2. The number of halogens is 2. The molecule has 1 atom stereocenters. The second-order valence-electron chi connectivity index (χ2n) is 7.29. The molecule has 1 aromatic heterocycles. The Hall–Kier alpha value is -2.67. The van der Waals surface area contributed by atoms with Crippen LogP contribution in [0.5, 0.6) is 0 Å². The summed E-state index contributed by atoms with van der Waals surface area (Å²) in [6, 6.07) is 15.7. The van der Waals surface area contributed by atoms with Crippen LogP contribution in [0.15, 0.2) is 54.6 Å². The number of aromatic nitrogens is 1.